The third kappa shape index (κ3) is 2.55. The van der Waals surface area contributed by atoms with Gasteiger partial charge >= 0.3 is 0 Å². The lowest BCUT2D eigenvalue weighted by molar-refractivity contribution is 0.120. The maximum absolute atomic E-state index is 6.12. The van der Waals surface area contributed by atoms with E-state index in [2.05, 4.69) is 28.1 Å². The van der Waals surface area contributed by atoms with Crippen molar-refractivity contribution in [3.8, 4) is 0 Å². The van der Waals surface area contributed by atoms with Gasteiger partial charge in [-0.15, -0.1) is 0 Å². The number of rotatable bonds is 5. The lowest BCUT2D eigenvalue weighted by Gasteiger charge is -2.38. The first kappa shape index (κ1) is 13.1. The van der Waals surface area contributed by atoms with E-state index in [1.165, 1.54) is 31.4 Å². The van der Waals surface area contributed by atoms with Crippen LogP contribution in [0.3, 0.4) is 0 Å². The summed E-state index contributed by atoms with van der Waals surface area (Å²) in [6.45, 7) is 4.01. The number of likely N-dealkylation sites (N-methyl/N-ethyl adjacent to an activating group) is 1. The second kappa shape index (κ2) is 4.89. The van der Waals surface area contributed by atoms with Crippen LogP contribution in [-0.4, -0.2) is 57.8 Å². The van der Waals surface area contributed by atoms with E-state index in [4.69, 9.17) is 5.73 Å². The fraction of sp³-hybridized carbons (Fsp3) is 0.786. The average Bonchev–Trinajstić information content (AvgIpc) is 3.02. The largest absolute Gasteiger partial charge is 0.329 e. The molecule has 0 bridgehead atoms. The van der Waals surface area contributed by atoms with E-state index < -0.39 is 0 Å². The normalized spacial score (nSPS) is 28.4. The van der Waals surface area contributed by atoms with Gasteiger partial charge in [-0.1, -0.05) is 0 Å². The third-order valence-electron chi connectivity index (χ3n) is 4.79. The molecule has 1 saturated carbocycles. The van der Waals surface area contributed by atoms with Gasteiger partial charge in [0, 0.05) is 56.6 Å². The van der Waals surface area contributed by atoms with Crippen LogP contribution in [0, 0.1) is 0 Å². The van der Waals surface area contributed by atoms with E-state index in [1.807, 2.05) is 17.9 Å². The summed E-state index contributed by atoms with van der Waals surface area (Å²) in [5.41, 5.74) is 7.54. The number of aromatic nitrogens is 2. The van der Waals surface area contributed by atoms with Crippen molar-refractivity contribution < 1.29 is 0 Å². The molecule has 2 N–H and O–H groups in total. The third-order valence-corrected chi connectivity index (χ3v) is 4.79. The molecular weight excluding hydrogens is 238 g/mol. The minimum atomic E-state index is 0.151. The van der Waals surface area contributed by atoms with E-state index in [0.29, 0.717) is 0 Å². The molecule has 0 aromatic carbocycles. The van der Waals surface area contributed by atoms with Gasteiger partial charge in [-0.2, -0.15) is 5.10 Å². The predicted molar refractivity (Wildman–Crippen MR) is 75.7 cm³/mol. The fourth-order valence-electron chi connectivity index (χ4n) is 3.27. The van der Waals surface area contributed by atoms with Gasteiger partial charge in [0.15, 0.2) is 0 Å². The van der Waals surface area contributed by atoms with Crippen molar-refractivity contribution in [2.24, 2.45) is 12.8 Å². The Balaban J connectivity index is 1.67. The van der Waals surface area contributed by atoms with Crippen LogP contribution in [0.15, 0.2) is 12.4 Å². The highest BCUT2D eigenvalue weighted by Gasteiger charge is 2.44. The van der Waals surface area contributed by atoms with Crippen LogP contribution in [0.4, 0.5) is 0 Å². The molecule has 1 saturated heterocycles. The highest BCUT2D eigenvalue weighted by Crippen LogP contribution is 2.35. The molecule has 1 unspecified atom stereocenters. The molecule has 1 aromatic rings. The van der Waals surface area contributed by atoms with Gasteiger partial charge in [0.2, 0.25) is 0 Å². The van der Waals surface area contributed by atoms with Crippen LogP contribution in [0.5, 0.6) is 0 Å². The van der Waals surface area contributed by atoms with E-state index in [9.17, 15) is 0 Å². The van der Waals surface area contributed by atoms with Crippen LogP contribution in [0.25, 0.3) is 0 Å². The topological polar surface area (TPSA) is 50.3 Å². The first-order chi connectivity index (χ1) is 9.13. The Labute approximate surface area is 115 Å². The lowest BCUT2D eigenvalue weighted by atomic mass is 9.96. The molecule has 19 heavy (non-hydrogen) atoms. The van der Waals surface area contributed by atoms with Crippen LogP contribution in [0.1, 0.15) is 24.8 Å². The van der Waals surface area contributed by atoms with Crippen LogP contribution < -0.4 is 5.73 Å². The van der Waals surface area contributed by atoms with Crippen LogP contribution >= 0.6 is 0 Å². The van der Waals surface area contributed by atoms with Crippen LogP contribution in [-0.2, 0) is 13.6 Å². The Morgan fingerprint density at radius 1 is 1.53 bits per heavy atom. The van der Waals surface area contributed by atoms with Crippen molar-refractivity contribution in [2.45, 2.75) is 37.4 Å². The Morgan fingerprint density at radius 3 is 2.89 bits per heavy atom. The quantitative estimate of drug-likeness (QED) is 0.836. The summed E-state index contributed by atoms with van der Waals surface area (Å²) in [5.74, 6) is 0. The molecule has 1 aliphatic heterocycles. The number of hydrogen-bond acceptors (Lipinski definition) is 4. The zero-order valence-electron chi connectivity index (χ0n) is 12.0. The highest BCUT2D eigenvalue weighted by atomic mass is 15.3. The van der Waals surface area contributed by atoms with E-state index in [1.54, 1.807) is 0 Å². The maximum atomic E-state index is 6.12. The molecule has 2 fully saturated rings. The van der Waals surface area contributed by atoms with Gasteiger partial charge in [0.05, 0.1) is 6.20 Å². The summed E-state index contributed by atoms with van der Waals surface area (Å²) in [6, 6.07) is 0.847. The fourth-order valence-corrected chi connectivity index (χ4v) is 3.27. The van der Waals surface area contributed by atoms with Gasteiger partial charge in [0.1, 0.15) is 0 Å². The summed E-state index contributed by atoms with van der Waals surface area (Å²) >= 11 is 0. The molecular formula is C14H25N5. The summed E-state index contributed by atoms with van der Waals surface area (Å²) in [7, 11) is 4.17. The number of nitrogens with zero attached hydrogens (tertiary/aromatic N) is 4. The van der Waals surface area contributed by atoms with E-state index in [-0.39, 0.29) is 5.54 Å². The highest BCUT2D eigenvalue weighted by molar-refractivity contribution is 5.08. The lowest BCUT2D eigenvalue weighted by Crippen LogP contribution is -2.53. The van der Waals surface area contributed by atoms with Crippen molar-refractivity contribution in [3.63, 3.8) is 0 Å². The first-order valence-corrected chi connectivity index (χ1v) is 7.26. The molecule has 1 aromatic heterocycles. The van der Waals surface area contributed by atoms with E-state index >= 15 is 0 Å². The van der Waals surface area contributed by atoms with Crippen molar-refractivity contribution in [2.75, 3.05) is 26.7 Å². The predicted octanol–water partition coefficient (Wildman–Crippen LogP) is 0.418. The Morgan fingerprint density at radius 2 is 2.32 bits per heavy atom. The second-order valence-electron chi connectivity index (χ2n) is 6.26. The molecule has 3 rings (SSSR count). The summed E-state index contributed by atoms with van der Waals surface area (Å²) in [6.07, 6.45) is 8.00. The number of hydrogen-bond donors (Lipinski definition) is 1. The average molecular weight is 263 g/mol. The minimum Gasteiger partial charge on any atom is -0.329 e. The van der Waals surface area contributed by atoms with Crippen molar-refractivity contribution in [3.05, 3.63) is 18.0 Å². The standard InChI is InChI=1S/C14H25N5/c1-17(8-12-7-16-18(2)9-12)14(10-15)5-6-19(11-14)13-3-4-13/h7,9,13H,3-6,8,10-11,15H2,1-2H3. The molecule has 2 heterocycles. The molecule has 1 aliphatic carbocycles. The van der Waals surface area contributed by atoms with Crippen molar-refractivity contribution in [1.82, 2.24) is 19.6 Å². The molecule has 1 atom stereocenters. The number of nitrogens with two attached hydrogens (primary N) is 1. The molecule has 0 spiro atoms. The monoisotopic (exact) mass is 263 g/mol. The van der Waals surface area contributed by atoms with E-state index in [0.717, 1.165) is 25.7 Å². The van der Waals surface area contributed by atoms with Gasteiger partial charge in [-0.3, -0.25) is 14.5 Å². The molecule has 0 radical (unpaired) electrons. The summed E-state index contributed by atoms with van der Waals surface area (Å²) < 4.78 is 1.86. The van der Waals surface area contributed by atoms with Gasteiger partial charge in [0.25, 0.3) is 0 Å². The molecule has 106 valence electrons. The first-order valence-electron chi connectivity index (χ1n) is 7.26. The SMILES string of the molecule is CN(Cc1cnn(C)c1)C1(CN)CCN(C2CC2)C1. The Bertz CT molecular complexity index is 439. The second-order valence-corrected chi connectivity index (χ2v) is 6.26. The van der Waals surface area contributed by atoms with Gasteiger partial charge < -0.3 is 5.73 Å². The molecule has 0 amide bonds. The minimum absolute atomic E-state index is 0.151. The van der Waals surface area contributed by atoms with Crippen molar-refractivity contribution >= 4 is 0 Å². The smallest absolute Gasteiger partial charge is 0.0534 e. The molecule has 2 aliphatic rings. The van der Waals surface area contributed by atoms with Crippen LogP contribution in [0.2, 0.25) is 0 Å². The Hall–Kier alpha value is -0.910. The van der Waals surface area contributed by atoms with Gasteiger partial charge in [-0.25, -0.2) is 0 Å². The maximum Gasteiger partial charge on any atom is 0.0534 e. The van der Waals surface area contributed by atoms with Crippen molar-refractivity contribution in [1.29, 1.82) is 0 Å². The Kier molecular flexibility index (Phi) is 3.37. The molecule has 5 nitrogen and oxygen atoms in total. The zero-order chi connectivity index (χ0) is 13.5. The zero-order valence-corrected chi connectivity index (χ0v) is 12.0. The summed E-state index contributed by atoms with van der Waals surface area (Å²) in [5, 5.41) is 4.25. The number of aryl methyl sites for hydroxylation is 1. The number of likely N-dealkylation sites (tertiary alicyclic amines) is 1. The summed E-state index contributed by atoms with van der Waals surface area (Å²) in [4.78, 5) is 5.07. The molecule has 5 heteroatoms. The van der Waals surface area contributed by atoms with Gasteiger partial charge in [-0.05, 0) is 26.3 Å².